The fraction of sp³-hybridized carbons (Fsp3) is 0.280. The summed E-state index contributed by atoms with van der Waals surface area (Å²) in [6.45, 7) is 2.07. The Hall–Kier alpha value is -3.58. The van der Waals surface area contributed by atoms with Gasteiger partial charge in [-0.25, -0.2) is 0 Å². The van der Waals surface area contributed by atoms with E-state index in [1.54, 1.807) is 36.7 Å². The monoisotopic (exact) mass is 432 g/mol. The van der Waals surface area contributed by atoms with Crippen molar-refractivity contribution in [3.05, 3.63) is 78.1 Å². The third kappa shape index (κ3) is 4.24. The van der Waals surface area contributed by atoms with Gasteiger partial charge in [-0.1, -0.05) is 6.07 Å². The molecular weight excluding hydrogens is 408 g/mol. The molecule has 0 atom stereocenters. The molecule has 3 aromatic rings. The molecule has 1 fully saturated rings. The molecule has 2 aliphatic rings. The van der Waals surface area contributed by atoms with Crippen molar-refractivity contribution in [1.29, 1.82) is 0 Å². The van der Waals surface area contributed by atoms with Gasteiger partial charge in [0.25, 0.3) is 5.91 Å². The predicted molar refractivity (Wildman–Crippen MR) is 117 cm³/mol. The number of nitrogens with one attached hydrogen (secondary N) is 1. The highest BCUT2D eigenvalue weighted by atomic mass is 16.7. The second-order valence-corrected chi connectivity index (χ2v) is 7.96. The van der Waals surface area contributed by atoms with Crippen molar-refractivity contribution in [2.75, 3.05) is 26.6 Å². The second-order valence-electron chi connectivity index (χ2n) is 7.96. The van der Waals surface area contributed by atoms with Crippen molar-refractivity contribution in [2.45, 2.75) is 18.3 Å². The third-order valence-electron chi connectivity index (χ3n) is 6.01. The summed E-state index contributed by atoms with van der Waals surface area (Å²) in [5.74, 6) is 2.69. The molecule has 3 heterocycles. The quantitative estimate of drug-likeness (QED) is 0.632. The van der Waals surface area contributed by atoms with Gasteiger partial charge in [0.2, 0.25) is 6.79 Å². The molecule has 5 rings (SSSR count). The molecule has 7 nitrogen and oxygen atoms in total. The molecule has 0 aliphatic carbocycles. The Bertz CT molecular complexity index is 1080. The normalized spacial score (nSPS) is 16.4. The maximum Gasteiger partial charge on any atom is 0.251 e. The van der Waals surface area contributed by atoms with Crippen LogP contribution in [-0.2, 0) is 10.2 Å². The predicted octanol–water partition coefficient (Wildman–Crippen LogP) is 4.08. The van der Waals surface area contributed by atoms with E-state index in [2.05, 4.69) is 16.4 Å². The van der Waals surface area contributed by atoms with Gasteiger partial charge in [0.15, 0.2) is 11.5 Å². The van der Waals surface area contributed by atoms with Crippen LogP contribution < -0.4 is 19.5 Å². The first-order valence-corrected chi connectivity index (χ1v) is 10.7. The summed E-state index contributed by atoms with van der Waals surface area (Å²) < 4.78 is 22.4. The summed E-state index contributed by atoms with van der Waals surface area (Å²) in [6.07, 6.45) is 4.98. The van der Waals surface area contributed by atoms with E-state index < -0.39 is 0 Å². The van der Waals surface area contributed by atoms with Crippen LogP contribution in [0.15, 0.2) is 67.0 Å². The van der Waals surface area contributed by atoms with Crippen molar-refractivity contribution >= 4 is 5.91 Å². The first kappa shape index (κ1) is 20.3. The molecule has 7 heteroatoms. The zero-order valence-electron chi connectivity index (χ0n) is 17.6. The highest BCUT2D eigenvalue weighted by Crippen LogP contribution is 2.40. The lowest BCUT2D eigenvalue weighted by Gasteiger charge is -2.38. The molecule has 164 valence electrons. The molecule has 0 spiro atoms. The molecular formula is C25H24N2O5. The fourth-order valence-electron chi connectivity index (χ4n) is 4.13. The standard InChI is InChI=1S/C25H24N2O5/c28-24(18-3-6-20(7-4-18)32-21-2-1-11-26-15-21)27-16-25(9-12-29-13-10-25)19-5-8-22-23(14-19)31-17-30-22/h1-8,11,14-15H,9-10,12-13,16-17H2,(H,27,28). The van der Waals surface area contributed by atoms with Crippen molar-refractivity contribution in [1.82, 2.24) is 10.3 Å². The Morgan fingerprint density at radius 3 is 2.59 bits per heavy atom. The van der Waals surface area contributed by atoms with Crippen LogP contribution >= 0.6 is 0 Å². The number of benzene rings is 2. The molecule has 2 aliphatic heterocycles. The van der Waals surface area contributed by atoms with Crippen LogP contribution in [0.4, 0.5) is 0 Å². The van der Waals surface area contributed by atoms with Gasteiger partial charge in [-0.05, 0) is 66.9 Å². The SMILES string of the molecule is O=C(NCC1(c2ccc3c(c2)OCO3)CCOCC1)c1ccc(Oc2cccnc2)cc1. The van der Waals surface area contributed by atoms with E-state index in [0.717, 1.165) is 29.9 Å². The minimum absolute atomic E-state index is 0.121. The fourth-order valence-corrected chi connectivity index (χ4v) is 4.13. The van der Waals surface area contributed by atoms with Gasteiger partial charge in [0, 0.05) is 36.9 Å². The lowest BCUT2D eigenvalue weighted by molar-refractivity contribution is 0.0486. The maximum atomic E-state index is 12.9. The Kier molecular flexibility index (Phi) is 5.64. The summed E-state index contributed by atoms with van der Waals surface area (Å²) in [5.41, 5.74) is 1.50. The molecule has 1 saturated heterocycles. The summed E-state index contributed by atoms with van der Waals surface area (Å²) in [4.78, 5) is 16.9. The molecule has 1 amide bonds. The molecule has 32 heavy (non-hydrogen) atoms. The molecule has 1 N–H and O–H groups in total. The van der Waals surface area contributed by atoms with Crippen molar-refractivity contribution in [3.8, 4) is 23.0 Å². The number of amides is 1. The highest BCUT2D eigenvalue weighted by molar-refractivity contribution is 5.94. The summed E-state index contributed by atoms with van der Waals surface area (Å²) in [6, 6.07) is 16.8. The summed E-state index contributed by atoms with van der Waals surface area (Å²) in [5, 5.41) is 3.13. The van der Waals surface area contributed by atoms with E-state index in [1.807, 2.05) is 24.3 Å². The van der Waals surface area contributed by atoms with Crippen LogP contribution in [0.3, 0.4) is 0 Å². The van der Waals surface area contributed by atoms with Crippen LogP contribution in [0, 0.1) is 0 Å². The Morgan fingerprint density at radius 1 is 1.00 bits per heavy atom. The molecule has 0 unspecified atom stereocenters. The van der Waals surface area contributed by atoms with Crippen LogP contribution in [0.1, 0.15) is 28.8 Å². The molecule has 1 aromatic heterocycles. The van der Waals surface area contributed by atoms with Gasteiger partial charge in [-0.2, -0.15) is 0 Å². The van der Waals surface area contributed by atoms with Crippen LogP contribution in [0.25, 0.3) is 0 Å². The number of aromatic nitrogens is 1. The molecule has 0 radical (unpaired) electrons. The largest absolute Gasteiger partial charge is 0.456 e. The number of carbonyl (C=O) groups excluding carboxylic acids is 1. The number of ether oxygens (including phenoxy) is 4. The number of hydrogen-bond acceptors (Lipinski definition) is 6. The van der Waals surface area contributed by atoms with Gasteiger partial charge in [0.1, 0.15) is 11.5 Å². The van der Waals surface area contributed by atoms with Gasteiger partial charge in [-0.3, -0.25) is 9.78 Å². The topological polar surface area (TPSA) is 78.9 Å². The zero-order chi connectivity index (χ0) is 21.8. The average molecular weight is 432 g/mol. The Labute approximate surface area is 186 Å². The number of rotatable bonds is 6. The summed E-state index contributed by atoms with van der Waals surface area (Å²) in [7, 11) is 0. The van der Waals surface area contributed by atoms with Crippen molar-refractivity contribution < 1.29 is 23.7 Å². The number of hydrogen-bond donors (Lipinski definition) is 1. The van der Waals surface area contributed by atoms with Gasteiger partial charge in [0.05, 0.1) is 6.20 Å². The lowest BCUT2D eigenvalue weighted by atomic mass is 9.74. The van der Waals surface area contributed by atoms with Crippen LogP contribution in [-0.4, -0.2) is 37.4 Å². The number of fused-ring (bicyclic) bond motifs is 1. The zero-order valence-corrected chi connectivity index (χ0v) is 17.6. The maximum absolute atomic E-state index is 12.9. The minimum Gasteiger partial charge on any atom is -0.456 e. The van der Waals surface area contributed by atoms with Crippen LogP contribution in [0.2, 0.25) is 0 Å². The Morgan fingerprint density at radius 2 is 1.81 bits per heavy atom. The van der Waals surface area contributed by atoms with Crippen molar-refractivity contribution in [2.24, 2.45) is 0 Å². The molecule has 0 bridgehead atoms. The Balaban J connectivity index is 1.28. The van der Waals surface area contributed by atoms with Gasteiger partial charge < -0.3 is 24.3 Å². The van der Waals surface area contributed by atoms with Gasteiger partial charge >= 0.3 is 0 Å². The van der Waals surface area contributed by atoms with Gasteiger partial charge in [-0.15, -0.1) is 0 Å². The first-order chi connectivity index (χ1) is 15.7. The lowest BCUT2D eigenvalue weighted by Crippen LogP contribution is -2.44. The first-order valence-electron chi connectivity index (χ1n) is 10.7. The number of carbonyl (C=O) groups is 1. The van der Waals surface area contributed by atoms with E-state index >= 15 is 0 Å². The molecule has 0 saturated carbocycles. The average Bonchev–Trinajstić information content (AvgIpc) is 3.32. The minimum atomic E-state index is -0.210. The summed E-state index contributed by atoms with van der Waals surface area (Å²) >= 11 is 0. The van der Waals surface area contributed by atoms with E-state index in [1.165, 1.54) is 0 Å². The van der Waals surface area contributed by atoms with E-state index in [4.69, 9.17) is 18.9 Å². The number of nitrogens with zero attached hydrogens (tertiary/aromatic N) is 1. The third-order valence-corrected chi connectivity index (χ3v) is 6.01. The van der Waals surface area contributed by atoms with E-state index in [9.17, 15) is 4.79 Å². The second kappa shape index (κ2) is 8.88. The number of pyridine rings is 1. The molecule has 2 aromatic carbocycles. The highest BCUT2D eigenvalue weighted by Gasteiger charge is 2.36. The van der Waals surface area contributed by atoms with Crippen molar-refractivity contribution in [3.63, 3.8) is 0 Å². The van der Waals surface area contributed by atoms with E-state index in [0.29, 0.717) is 36.8 Å². The smallest absolute Gasteiger partial charge is 0.251 e. The van der Waals surface area contributed by atoms with Crippen LogP contribution in [0.5, 0.6) is 23.0 Å². The van der Waals surface area contributed by atoms with E-state index in [-0.39, 0.29) is 18.1 Å².